The van der Waals surface area contributed by atoms with Crippen molar-refractivity contribution >= 4 is 17.3 Å². The van der Waals surface area contributed by atoms with Crippen LogP contribution < -0.4 is 20.5 Å². The minimum absolute atomic E-state index is 0.238. The zero-order valence-electron chi connectivity index (χ0n) is 12.1. The highest BCUT2D eigenvalue weighted by Gasteiger charge is 2.09. The van der Waals surface area contributed by atoms with Crippen molar-refractivity contribution < 1.29 is 14.3 Å². The maximum Gasteiger partial charge on any atom is 0.255 e. The Labute approximate surface area is 123 Å². The number of nitrogens with two attached hydrogens (primary N) is 1. The van der Waals surface area contributed by atoms with Crippen molar-refractivity contribution in [3.63, 3.8) is 0 Å². The molecule has 3 N–H and O–H groups in total. The Morgan fingerprint density at radius 3 is 2.71 bits per heavy atom. The lowest BCUT2D eigenvalue weighted by molar-refractivity contribution is 0.102. The van der Waals surface area contributed by atoms with Gasteiger partial charge in [0, 0.05) is 17.3 Å². The first kappa shape index (κ1) is 14.7. The van der Waals surface area contributed by atoms with Crippen LogP contribution in [0.5, 0.6) is 11.5 Å². The molecule has 0 spiro atoms. The molecule has 110 valence electrons. The van der Waals surface area contributed by atoms with Gasteiger partial charge in [-0.2, -0.15) is 0 Å². The van der Waals surface area contributed by atoms with Gasteiger partial charge in [0.15, 0.2) is 0 Å². The van der Waals surface area contributed by atoms with Crippen molar-refractivity contribution in [2.24, 2.45) is 0 Å². The molecule has 0 aliphatic carbocycles. The van der Waals surface area contributed by atoms with Gasteiger partial charge in [-0.05, 0) is 37.3 Å². The van der Waals surface area contributed by atoms with E-state index in [1.807, 2.05) is 19.1 Å². The molecule has 0 aromatic heterocycles. The number of amides is 1. The number of ether oxygens (including phenoxy) is 2. The first-order chi connectivity index (χ1) is 10.1. The minimum Gasteiger partial charge on any atom is -0.495 e. The molecule has 0 aliphatic rings. The summed E-state index contributed by atoms with van der Waals surface area (Å²) in [4.78, 5) is 12.2. The summed E-state index contributed by atoms with van der Waals surface area (Å²) in [5.41, 5.74) is 7.36. The lowest BCUT2D eigenvalue weighted by Crippen LogP contribution is -2.12. The van der Waals surface area contributed by atoms with Crippen molar-refractivity contribution in [3.8, 4) is 11.5 Å². The highest BCUT2D eigenvalue weighted by Crippen LogP contribution is 2.23. The number of hydrogen-bond acceptors (Lipinski definition) is 4. The van der Waals surface area contributed by atoms with Gasteiger partial charge in [0.1, 0.15) is 11.5 Å². The molecule has 2 aromatic carbocycles. The van der Waals surface area contributed by atoms with Crippen molar-refractivity contribution in [2.45, 2.75) is 6.92 Å². The average Bonchev–Trinajstić information content (AvgIpc) is 2.48. The van der Waals surface area contributed by atoms with Gasteiger partial charge in [0.25, 0.3) is 5.91 Å². The summed E-state index contributed by atoms with van der Waals surface area (Å²) in [5.74, 6) is 1.02. The van der Waals surface area contributed by atoms with Gasteiger partial charge in [-0.3, -0.25) is 4.79 Å². The summed E-state index contributed by atoms with van der Waals surface area (Å²) < 4.78 is 10.5. The van der Waals surface area contributed by atoms with Gasteiger partial charge >= 0.3 is 0 Å². The summed E-state index contributed by atoms with van der Waals surface area (Å²) in [6.45, 7) is 2.48. The fraction of sp³-hybridized carbons (Fsp3) is 0.188. The molecule has 5 nitrogen and oxygen atoms in total. The van der Waals surface area contributed by atoms with Crippen molar-refractivity contribution in [1.82, 2.24) is 0 Å². The summed E-state index contributed by atoms with van der Waals surface area (Å²) in [5, 5.41) is 2.81. The summed E-state index contributed by atoms with van der Waals surface area (Å²) in [6, 6.07) is 12.1. The molecule has 0 bridgehead atoms. The molecule has 0 atom stereocenters. The Hall–Kier alpha value is -2.69. The Balaban J connectivity index is 2.14. The van der Waals surface area contributed by atoms with E-state index >= 15 is 0 Å². The number of benzene rings is 2. The van der Waals surface area contributed by atoms with Crippen LogP contribution in [-0.4, -0.2) is 19.6 Å². The van der Waals surface area contributed by atoms with Crippen LogP contribution in [-0.2, 0) is 0 Å². The lowest BCUT2D eigenvalue weighted by atomic mass is 10.1. The first-order valence-electron chi connectivity index (χ1n) is 6.61. The highest BCUT2D eigenvalue weighted by molar-refractivity contribution is 6.05. The van der Waals surface area contributed by atoms with E-state index in [1.165, 1.54) is 7.11 Å². The SMILES string of the molecule is CCOc1cccc(NC(=O)c2ccc(OC)c(N)c2)c1. The molecule has 2 rings (SSSR count). The number of hydrogen-bond donors (Lipinski definition) is 2. The fourth-order valence-corrected chi connectivity index (χ4v) is 1.91. The highest BCUT2D eigenvalue weighted by atomic mass is 16.5. The summed E-state index contributed by atoms with van der Waals surface area (Å²) >= 11 is 0. The largest absolute Gasteiger partial charge is 0.495 e. The number of rotatable bonds is 5. The smallest absolute Gasteiger partial charge is 0.255 e. The summed E-state index contributed by atoms with van der Waals surface area (Å²) in [7, 11) is 1.53. The standard InChI is InChI=1S/C16H18N2O3/c1-3-21-13-6-4-5-12(10-13)18-16(19)11-7-8-15(20-2)14(17)9-11/h4-10H,3,17H2,1-2H3,(H,18,19). The van der Waals surface area contributed by atoms with Crippen LogP contribution in [0.25, 0.3) is 0 Å². The molecular weight excluding hydrogens is 268 g/mol. The van der Waals surface area contributed by atoms with E-state index in [2.05, 4.69) is 5.32 Å². The van der Waals surface area contributed by atoms with Crippen molar-refractivity contribution in [2.75, 3.05) is 24.8 Å². The monoisotopic (exact) mass is 286 g/mol. The fourth-order valence-electron chi connectivity index (χ4n) is 1.91. The van der Waals surface area contributed by atoms with Crippen molar-refractivity contribution in [1.29, 1.82) is 0 Å². The van der Waals surface area contributed by atoms with Crippen LogP contribution >= 0.6 is 0 Å². The van der Waals surface area contributed by atoms with Gasteiger partial charge in [0.2, 0.25) is 0 Å². The maximum absolute atomic E-state index is 12.2. The van der Waals surface area contributed by atoms with Gasteiger partial charge in [-0.15, -0.1) is 0 Å². The second kappa shape index (κ2) is 6.65. The van der Waals surface area contributed by atoms with E-state index in [4.69, 9.17) is 15.2 Å². The van der Waals surface area contributed by atoms with Gasteiger partial charge < -0.3 is 20.5 Å². The second-order valence-corrected chi connectivity index (χ2v) is 4.37. The Morgan fingerprint density at radius 1 is 1.24 bits per heavy atom. The van der Waals surface area contributed by atoms with E-state index in [0.29, 0.717) is 35.0 Å². The van der Waals surface area contributed by atoms with E-state index in [1.54, 1.807) is 30.3 Å². The number of anilines is 2. The van der Waals surface area contributed by atoms with Crippen LogP contribution in [0.3, 0.4) is 0 Å². The molecule has 1 amide bonds. The Kier molecular flexibility index (Phi) is 4.66. The third-order valence-corrected chi connectivity index (χ3v) is 2.89. The number of nitrogen functional groups attached to an aromatic ring is 1. The maximum atomic E-state index is 12.2. The Morgan fingerprint density at radius 2 is 2.05 bits per heavy atom. The molecule has 0 unspecified atom stereocenters. The van der Waals surface area contributed by atoms with E-state index in [9.17, 15) is 4.79 Å². The van der Waals surface area contributed by atoms with Crippen LogP contribution in [0.15, 0.2) is 42.5 Å². The number of methoxy groups -OCH3 is 1. The van der Waals surface area contributed by atoms with E-state index in [0.717, 1.165) is 0 Å². The average molecular weight is 286 g/mol. The topological polar surface area (TPSA) is 73.6 Å². The lowest BCUT2D eigenvalue weighted by Gasteiger charge is -2.09. The molecular formula is C16H18N2O3. The molecule has 0 saturated carbocycles. The van der Waals surface area contributed by atoms with Gasteiger partial charge in [0.05, 0.1) is 19.4 Å². The van der Waals surface area contributed by atoms with E-state index < -0.39 is 0 Å². The third kappa shape index (κ3) is 3.66. The normalized spacial score (nSPS) is 10.0. The molecule has 21 heavy (non-hydrogen) atoms. The Bertz CT molecular complexity index is 641. The zero-order chi connectivity index (χ0) is 15.2. The molecule has 0 saturated heterocycles. The second-order valence-electron chi connectivity index (χ2n) is 4.37. The minimum atomic E-state index is -0.238. The third-order valence-electron chi connectivity index (χ3n) is 2.89. The number of carbonyl (C=O) groups excluding carboxylic acids is 1. The predicted molar refractivity (Wildman–Crippen MR) is 83.0 cm³/mol. The van der Waals surface area contributed by atoms with Crippen LogP contribution in [0, 0.1) is 0 Å². The van der Waals surface area contributed by atoms with Crippen LogP contribution in [0.4, 0.5) is 11.4 Å². The van der Waals surface area contributed by atoms with Gasteiger partial charge in [-0.25, -0.2) is 0 Å². The molecule has 0 heterocycles. The zero-order valence-corrected chi connectivity index (χ0v) is 12.1. The number of carbonyl (C=O) groups is 1. The van der Waals surface area contributed by atoms with E-state index in [-0.39, 0.29) is 5.91 Å². The summed E-state index contributed by atoms with van der Waals surface area (Å²) in [6.07, 6.45) is 0. The van der Waals surface area contributed by atoms with Crippen LogP contribution in [0.1, 0.15) is 17.3 Å². The number of nitrogens with one attached hydrogen (secondary N) is 1. The predicted octanol–water partition coefficient (Wildman–Crippen LogP) is 2.93. The van der Waals surface area contributed by atoms with Crippen molar-refractivity contribution in [3.05, 3.63) is 48.0 Å². The molecule has 0 fully saturated rings. The first-order valence-corrected chi connectivity index (χ1v) is 6.61. The van der Waals surface area contributed by atoms with Gasteiger partial charge in [-0.1, -0.05) is 6.07 Å². The van der Waals surface area contributed by atoms with Crippen LogP contribution in [0.2, 0.25) is 0 Å². The molecule has 0 aliphatic heterocycles. The molecule has 5 heteroatoms. The quantitative estimate of drug-likeness (QED) is 0.829. The molecule has 2 aromatic rings. The molecule has 0 radical (unpaired) electrons.